The third-order valence-corrected chi connectivity index (χ3v) is 11.1. The van der Waals surface area contributed by atoms with E-state index >= 15 is 0 Å². The Morgan fingerprint density at radius 2 is 1.76 bits per heavy atom. The Balaban J connectivity index is 1.20. The highest BCUT2D eigenvalue weighted by atomic mass is 35.5. The Morgan fingerprint density at radius 3 is 2.50 bits per heavy atom. The van der Waals surface area contributed by atoms with Crippen molar-refractivity contribution in [3.8, 4) is 39.8 Å². The minimum absolute atomic E-state index is 0.0330. The molecule has 1 aliphatic rings. The van der Waals surface area contributed by atoms with Gasteiger partial charge in [0, 0.05) is 62.7 Å². The fraction of sp³-hybridized carbons (Fsp3) is 0.317. The van der Waals surface area contributed by atoms with Crippen molar-refractivity contribution in [3.05, 3.63) is 107 Å². The number of pyridine rings is 1. The van der Waals surface area contributed by atoms with Crippen molar-refractivity contribution in [3.63, 3.8) is 0 Å². The number of benzene rings is 3. The summed E-state index contributed by atoms with van der Waals surface area (Å²) in [6, 6.07) is 17.6. The van der Waals surface area contributed by atoms with Crippen LogP contribution in [-0.2, 0) is 24.4 Å². The van der Waals surface area contributed by atoms with Gasteiger partial charge in [0.1, 0.15) is 37.1 Å². The molecule has 4 heterocycles. The number of likely N-dealkylation sites (N-methyl/N-ethyl adjacent to an activating group) is 1. The van der Waals surface area contributed by atoms with Crippen LogP contribution in [0.2, 0.25) is 5.02 Å². The zero-order valence-corrected chi connectivity index (χ0v) is 33.1. The minimum atomic E-state index is -4.48. The average Bonchev–Trinajstić information content (AvgIpc) is 3.82. The van der Waals surface area contributed by atoms with E-state index in [9.17, 15) is 27.5 Å². The maximum Gasteiger partial charge on any atom is 0.408 e. The monoisotopic (exact) mass is 838 g/mol. The van der Waals surface area contributed by atoms with Crippen molar-refractivity contribution >= 4 is 39.2 Å². The van der Waals surface area contributed by atoms with Gasteiger partial charge in [-0.3, -0.25) is 14.6 Å². The Hall–Kier alpha value is -5.29. The lowest BCUT2D eigenvalue weighted by atomic mass is 9.93. The van der Waals surface area contributed by atoms with E-state index in [4.69, 9.17) is 30.8 Å². The van der Waals surface area contributed by atoms with Gasteiger partial charge in [0.15, 0.2) is 0 Å². The summed E-state index contributed by atoms with van der Waals surface area (Å²) in [6.07, 6.45) is -3.27. The van der Waals surface area contributed by atoms with Crippen molar-refractivity contribution in [1.29, 1.82) is 0 Å². The first-order valence-corrected chi connectivity index (χ1v) is 19.5. The lowest BCUT2D eigenvalue weighted by Crippen LogP contribution is -2.45. The molecular weight excluding hydrogens is 800 g/mol. The molecule has 3 aromatic heterocycles. The van der Waals surface area contributed by atoms with E-state index < -0.39 is 30.6 Å². The topological polar surface area (TPSA) is 115 Å². The van der Waals surface area contributed by atoms with Gasteiger partial charge in [0.25, 0.3) is 0 Å². The second-order valence-electron chi connectivity index (χ2n) is 13.9. The van der Waals surface area contributed by atoms with E-state index in [1.807, 2.05) is 13.0 Å². The number of ether oxygens (including phenoxy) is 3. The van der Waals surface area contributed by atoms with Crippen LogP contribution in [0.3, 0.4) is 0 Å². The van der Waals surface area contributed by atoms with Gasteiger partial charge in [-0.1, -0.05) is 35.9 Å². The number of hydrogen-bond acceptors (Lipinski definition) is 10. The van der Waals surface area contributed by atoms with E-state index in [-0.39, 0.29) is 30.4 Å². The van der Waals surface area contributed by atoms with E-state index in [0.29, 0.717) is 61.0 Å². The summed E-state index contributed by atoms with van der Waals surface area (Å²) in [6.45, 7) is 5.42. The fourth-order valence-electron chi connectivity index (χ4n) is 6.75. The number of nitrogens with zero attached hydrogens (tertiary/aromatic N) is 6. The number of para-hydroxylation sites is 1. The van der Waals surface area contributed by atoms with Crippen molar-refractivity contribution in [1.82, 2.24) is 28.9 Å². The molecule has 6 aromatic rings. The summed E-state index contributed by atoms with van der Waals surface area (Å²) in [7, 11) is 2.11. The van der Waals surface area contributed by atoms with Crippen LogP contribution in [0.25, 0.3) is 32.5 Å². The van der Waals surface area contributed by atoms with Crippen molar-refractivity contribution in [2.24, 2.45) is 0 Å². The maximum absolute atomic E-state index is 14.1. The van der Waals surface area contributed by atoms with Crippen LogP contribution < -0.4 is 14.2 Å². The Kier molecular flexibility index (Phi) is 12.5. The molecule has 0 aliphatic carbocycles. The van der Waals surface area contributed by atoms with Gasteiger partial charge in [-0.15, -0.1) is 0 Å². The number of alkyl halides is 3. The summed E-state index contributed by atoms with van der Waals surface area (Å²) in [4.78, 5) is 22.2. The Morgan fingerprint density at radius 1 is 1.00 bits per heavy atom. The van der Waals surface area contributed by atoms with Crippen molar-refractivity contribution < 1.29 is 41.7 Å². The van der Waals surface area contributed by atoms with E-state index in [0.717, 1.165) is 48.9 Å². The number of aromatic nitrogens is 4. The zero-order valence-electron chi connectivity index (χ0n) is 31.5. The molecule has 1 N–H and O–H groups in total. The molecule has 0 unspecified atom stereocenters. The summed E-state index contributed by atoms with van der Waals surface area (Å²) < 4.78 is 77.7. The second-order valence-corrected chi connectivity index (χ2v) is 15.1. The molecule has 3 aromatic carbocycles. The number of rotatable bonds is 15. The van der Waals surface area contributed by atoms with E-state index in [1.165, 1.54) is 24.4 Å². The van der Waals surface area contributed by atoms with Crippen LogP contribution >= 0.6 is 23.1 Å². The van der Waals surface area contributed by atoms with Crippen LogP contribution in [0.4, 0.5) is 17.6 Å². The van der Waals surface area contributed by atoms with Gasteiger partial charge in [-0.05, 0) is 84.7 Å². The highest BCUT2D eigenvalue weighted by Gasteiger charge is 2.30. The van der Waals surface area contributed by atoms with E-state index in [2.05, 4.69) is 26.3 Å². The highest BCUT2D eigenvalue weighted by Crippen LogP contribution is 2.46. The quantitative estimate of drug-likeness (QED) is 0.102. The Labute approximate surface area is 340 Å². The predicted molar refractivity (Wildman–Crippen MR) is 212 cm³/mol. The maximum atomic E-state index is 14.1. The predicted octanol–water partition coefficient (Wildman–Crippen LogP) is 8.16. The normalized spacial score (nSPS) is 14.5. The highest BCUT2D eigenvalue weighted by molar-refractivity contribution is 7.13. The van der Waals surface area contributed by atoms with Gasteiger partial charge in [-0.25, -0.2) is 9.18 Å². The Bertz CT molecular complexity index is 2380. The fourth-order valence-corrected chi connectivity index (χ4v) is 7.67. The number of halogens is 5. The zero-order chi connectivity index (χ0) is 41.0. The van der Waals surface area contributed by atoms with Gasteiger partial charge in [-0.2, -0.15) is 22.6 Å². The van der Waals surface area contributed by atoms with Gasteiger partial charge in [0.2, 0.25) is 12.0 Å². The molecule has 304 valence electrons. The average molecular weight is 839 g/mol. The first-order chi connectivity index (χ1) is 27.8. The molecule has 1 saturated heterocycles. The van der Waals surface area contributed by atoms with Crippen LogP contribution in [0.1, 0.15) is 16.8 Å². The smallest absolute Gasteiger partial charge is 0.408 e. The van der Waals surface area contributed by atoms with Crippen LogP contribution in [0.15, 0.2) is 79.1 Å². The number of fused-ring (bicyclic) bond motifs is 1. The molecule has 0 bridgehead atoms. The van der Waals surface area contributed by atoms with Crippen LogP contribution in [-0.4, -0.2) is 98.7 Å². The summed E-state index contributed by atoms with van der Waals surface area (Å²) in [5.74, 6) is -0.904. The van der Waals surface area contributed by atoms with Crippen molar-refractivity contribution in [2.45, 2.75) is 38.8 Å². The second kappa shape index (κ2) is 17.7. The number of carboxylic acids is 1. The lowest BCUT2D eigenvalue weighted by molar-refractivity contribution is -0.145. The molecule has 7 rings (SSSR count). The molecule has 17 heteroatoms. The summed E-state index contributed by atoms with van der Waals surface area (Å²) >= 11 is 8.07. The molecule has 1 fully saturated rings. The summed E-state index contributed by atoms with van der Waals surface area (Å²) in [5, 5.41) is 15.1. The molecule has 11 nitrogen and oxygen atoms in total. The molecule has 0 saturated carbocycles. The number of carbonyl (C=O) groups is 1. The van der Waals surface area contributed by atoms with Gasteiger partial charge < -0.3 is 24.2 Å². The molecule has 0 amide bonds. The van der Waals surface area contributed by atoms with Crippen molar-refractivity contribution in [2.75, 3.05) is 46.4 Å². The number of aliphatic carboxylic acids is 1. The number of hydrogen-bond donors (Lipinski definition) is 1. The molecular formula is C41H39ClF4N6O5S. The molecule has 1 aliphatic heterocycles. The van der Waals surface area contributed by atoms with E-state index in [1.54, 1.807) is 48.7 Å². The third-order valence-electron chi connectivity index (χ3n) is 9.90. The van der Waals surface area contributed by atoms with Crippen LogP contribution in [0, 0.1) is 12.7 Å². The van der Waals surface area contributed by atoms with Gasteiger partial charge >= 0.3 is 12.1 Å². The standard InChI is InChI=1S/C41H39ClF4N6O5S/c1-25-30(11-12-32(37(25)42)55-20-19-51-17-15-50(2)16-18-51)35-36-34(22-47-38(35)26-7-9-28(43)10-8-26)58-49-39(36)57-33(40(53)54)21-27-5-3-4-6-31(27)56-23-29-13-14-48-52(29)24-41(44,45)46/h3-14,22,33H,15-21,23-24H2,1-2H3,(H,53,54)/t33-/m1/s1. The SMILES string of the molecule is Cc1c(-c2c(-c3ccc(F)cc3)ncc3snc(O[C@H](Cc4ccccc4OCc4ccnn4CC(F)(F)F)C(=O)O)c23)ccc(OCCN2CCN(C)CC2)c1Cl. The number of piperazine rings is 1. The molecule has 0 radical (unpaired) electrons. The largest absolute Gasteiger partial charge is 0.491 e. The third kappa shape index (κ3) is 9.52. The minimum Gasteiger partial charge on any atom is -0.491 e. The first-order valence-electron chi connectivity index (χ1n) is 18.4. The van der Waals surface area contributed by atoms with Crippen LogP contribution in [0.5, 0.6) is 17.4 Å². The van der Waals surface area contributed by atoms with Gasteiger partial charge in [0.05, 0.1) is 26.5 Å². The first kappa shape index (κ1) is 40.9. The summed E-state index contributed by atoms with van der Waals surface area (Å²) in [5.41, 5.74) is 3.58. The molecule has 1 atom stereocenters. The number of carboxylic acid groups (broad SMARTS) is 1. The molecule has 58 heavy (non-hydrogen) atoms. The molecule has 0 spiro atoms. The lowest BCUT2D eigenvalue weighted by Gasteiger charge is -2.32.